The number of pyridine rings is 1. The number of fused-ring (bicyclic) bond motifs is 3. The molecule has 290 valence electrons. The third-order valence-corrected chi connectivity index (χ3v) is 11.7. The molecule has 2 heterocycles. The minimum absolute atomic E-state index is 0.678. The molecule has 0 aliphatic rings. The van der Waals surface area contributed by atoms with Gasteiger partial charge >= 0.3 is 0 Å². The molecule has 0 amide bonds. The van der Waals surface area contributed by atoms with Crippen molar-refractivity contribution in [3.05, 3.63) is 237 Å². The molecule has 62 heavy (non-hydrogen) atoms. The summed E-state index contributed by atoms with van der Waals surface area (Å²) in [5, 5.41) is 3.47. The lowest BCUT2D eigenvalue weighted by Gasteiger charge is -2.16. The Hall–Kier alpha value is -8.27. The van der Waals surface area contributed by atoms with Gasteiger partial charge in [0.1, 0.15) is 0 Å². The van der Waals surface area contributed by atoms with Crippen LogP contribution in [0.2, 0.25) is 0 Å². The van der Waals surface area contributed by atoms with Crippen molar-refractivity contribution in [2.24, 2.45) is 0 Å². The van der Waals surface area contributed by atoms with Gasteiger partial charge in [-0.05, 0) is 57.1 Å². The molecule has 0 bridgehead atoms. The molecule has 0 aliphatic heterocycles. The Morgan fingerprint density at radius 2 is 0.677 bits per heavy atom. The maximum Gasteiger partial charge on any atom is 0.160 e. The predicted molar refractivity (Wildman–Crippen MR) is 258 cm³/mol. The zero-order valence-electron chi connectivity index (χ0n) is 33.9. The average molecular weight is 790 g/mol. The van der Waals surface area contributed by atoms with Gasteiger partial charge in [-0.15, -0.1) is 0 Å². The second-order valence-electron chi connectivity index (χ2n) is 15.6. The lowest BCUT2D eigenvalue weighted by Crippen LogP contribution is -1.97. The molecule has 0 fully saturated rings. The van der Waals surface area contributed by atoms with E-state index in [1.165, 1.54) is 16.5 Å². The van der Waals surface area contributed by atoms with Gasteiger partial charge in [-0.25, -0.2) is 15.0 Å². The zero-order chi connectivity index (χ0) is 41.2. The summed E-state index contributed by atoms with van der Waals surface area (Å²) in [4.78, 5) is 16.0. The van der Waals surface area contributed by atoms with Crippen molar-refractivity contribution in [2.45, 2.75) is 0 Å². The van der Waals surface area contributed by atoms with Crippen LogP contribution in [0.4, 0.5) is 0 Å². The monoisotopic (exact) mass is 789 g/mol. The number of hydrogen-bond donors (Lipinski definition) is 0. The second-order valence-corrected chi connectivity index (χ2v) is 15.6. The van der Waals surface area contributed by atoms with E-state index in [1.54, 1.807) is 0 Å². The van der Waals surface area contributed by atoms with Crippen molar-refractivity contribution >= 4 is 21.7 Å². The van der Waals surface area contributed by atoms with E-state index in [1.807, 2.05) is 12.1 Å². The fourth-order valence-electron chi connectivity index (χ4n) is 8.63. The van der Waals surface area contributed by atoms with E-state index in [4.69, 9.17) is 15.0 Å². The van der Waals surface area contributed by atoms with Crippen molar-refractivity contribution in [1.82, 2.24) is 15.0 Å². The highest BCUT2D eigenvalue weighted by molar-refractivity contribution is 6.19. The number of benzene rings is 9. The highest BCUT2D eigenvalue weighted by Crippen LogP contribution is 2.41. The standard InChI is InChI=1S/C59H39N3/c1-5-17-40(18-6-1)46-25-13-27-48(37-46)55-39-54(60-59(61-55)49-28-14-26-47(38-49)41-19-7-2-8-20-41)44-35-33-43(34-36-44)51-30-16-32-53-56-50(42-21-9-3-10-22-42)29-15-31-52(56)57(62-58(51)53)45-23-11-4-12-24-45/h1-39H. The van der Waals surface area contributed by atoms with Crippen molar-refractivity contribution in [2.75, 3.05) is 0 Å². The van der Waals surface area contributed by atoms with E-state index in [0.717, 1.165) is 89.0 Å². The zero-order valence-corrected chi connectivity index (χ0v) is 33.9. The Morgan fingerprint density at radius 3 is 1.31 bits per heavy atom. The van der Waals surface area contributed by atoms with Crippen LogP contribution < -0.4 is 0 Å². The molecule has 0 spiro atoms. The molecule has 0 unspecified atom stereocenters. The van der Waals surface area contributed by atoms with E-state index < -0.39 is 0 Å². The molecule has 0 N–H and O–H groups in total. The van der Waals surface area contributed by atoms with Crippen LogP contribution in [0.15, 0.2) is 237 Å². The molecule has 0 atom stereocenters. The molecule has 3 heteroatoms. The van der Waals surface area contributed by atoms with Gasteiger partial charge in [0.25, 0.3) is 0 Å². The van der Waals surface area contributed by atoms with Crippen LogP contribution in [-0.4, -0.2) is 15.0 Å². The van der Waals surface area contributed by atoms with Crippen LogP contribution in [0.1, 0.15) is 0 Å². The molecule has 0 saturated carbocycles. The minimum Gasteiger partial charge on any atom is -0.246 e. The fraction of sp³-hybridized carbons (Fsp3) is 0. The van der Waals surface area contributed by atoms with Gasteiger partial charge in [0.15, 0.2) is 5.82 Å². The number of nitrogens with zero attached hydrogens (tertiary/aromatic N) is 3. The lowest BCUT2D eigenvalue weighted by molar-refractivity contribution is 1.18. The predicted octanol–water partition coefficient (Wildman–Crippen LogP) is 15.5. The maximum atomic E-state index is 5.49. The minimum atomic E-state index is 0.678. The van der Waals surface area contributed by atoms with E-state index in [9.17, 15) is 0 Å². The number of aromatic nitrogens is 3. The van der Waals surface area contributed by atoms with E-state index in [2.05, 4.69) is 224 Å². The van der Waals surface area contributed by atoms with Gasteiger partial charge in [-0.1, -0.05) is 218 Å². The molecule has 9 aromatic carbocycles. The molecule has 0 saturated heterocycles. The molecule has 3 nitrogen and oxygen atoms in total. The third kappa shape index (κ3) is 7.02. The van der Waals surface area contributed by atoms with Gasteiger partial charge in [-0.3, -0.25) is 0 Å². The Morgan fingerprint density at radius 1 is 0.242 bits per heavy atom. The van der Waals surface area contributed by atoms with Gasteiger partial charge < -0.3 is 0 Å². The normalized spacial score (nSPS) is 11.2. The first kappa shape index (κ1) is 36.8. The van der Waals surface area contributed by atoms with Gasteiger partial charge in [0.2, 0.25) is 0 Å². The van der Waals surface area contributed by atoms with Gasteiger partial charge in [-0.2, -0.15) is 0 Å². The maximum absolute atomic E-state index is 5.49. The Kier molecular flexibility index (Phi) is 9.53. The SMILES string of the molecule is c1ccc(-c2cccc(-c3cc(-c4ccc(-c5cccc6c5nc(-c5ccccc5)c5cccc(-c7ccccc7)c56)cc4)nc(-c4cccc(-c5ccccc5)c4)n3)c2)cc1. The second kappa shape index (κ2) is 16.1. The fourth-order valence-corrected chi connectivity index (χ4v) is 8.63. The topological polar surface area (TPSA) is 38.7 Å². The highest BCUT2D eigenvalue weighted by Gasteiger charge is 2.18. The first-order valence-electron chi connectivity index (χ1n) is 21.0. The van der Waals surface area contributed by atoms with Gasteiger partial charge in [0.05, 0.1) is 22.6 Å². The van der Waals surface area contributed by atoms with E-state index >= 15 is 0 Å². The average Bonchev–Trinajstić information content (AvgIpc) is 3.37. The summed E-state index contributed by atoms with van der Waals surface area (Å²) in [5.74, 6) is 0.678. The van der Waals surface area contributed by atoms with E-state index in [0.29, 0.717) is 5.82 Å². The summed E-state index contributed by atoms with van der Waals surface area (Å²) in [6, 6.07) is 83.3. The van der Waals surface area contributed by atoms with Crippen LogP contribution in [0.25, 0.3) is 111 Å². The molecule has 0 radical (unpaired) electrons. The van der Waals surface area contributed by atoms with Crippen LogP contribution in [0.5, 0.6) is 0 Å². The first-order chi connectivity index (χ1) is 30.7. The van der Waals surface area contributed by atoms with Gasteiger partial charge in [0, 0.05) is 44.0 Å². The van der Waals surface area contributed by atoms with Crippen molar-refractivity contribution < 1.29 is 0 Å². The highest BCUT2D eigenvalue weighted by atomic mass is 14.9. The molecule has 11 rings (SSSR count). The van der Waals surface area contributed by atoms with Crippen LogP contribution in [0, 0.1) is 0 Å². The largest absolute Gasteiger partial charge is 0.246 e. The van der Waals surface area contributed by atoms with Crippen molar-refractivity contribution in [3.63, 3.8) is 0 Å². The summed E-state index contributed by atoms with van der Waals surface area (Å²) in [5.41, 5.74) is 16.9. The smallest absolute Gasteiger partial charge is 0.160 e. The quantitative estimate of drug-likeness (QED) is 0.144. The van der Waals surface area contributed by atoms with Crippen LogP contribution in [-0.2, 0) is 0 Å². The van der Waals surface area contributed by atoms with Crippen LogP contribution in [0.3, 0.4) is 0 Å². The summed E-state index contributed by atoms with van der Waals surface area (Å²) < 4.78 is 0. The molecular weight excluding hydrogens is 751 g/mol. The lowest BCUT2D eigenvalue weighted by atomic mass is 9.91. The molecule has 0 aliphatic carbocycles. The van der Waals surface area contributed by atoms with Crippen molar-refractivity contribution in [1.29, 1.82) is 0 Å². The molecular formula is C59H39N3. The van der Waals surface area contributed by atoms with Crippen LogP contribution >= 0.6 is 0 Å². The summed E-state index contributed by atoms with van der Waals surface area (Å²) in [7, 11) is 0. The summed E-state index contributed by atoms with van der Waals surface area (Å²) in [6.07, 6.45) is 0. The Labute approximate surface area is 361 Å². The number of hydrogen-bond acceptors (Lipinski definition) is 3. The third-order valence-electron chi connectivity index (χ3n) is 11.7. The van der Waals surface area contributed by atoms with E-state index in [-0.39, 0.29) is 0 Å². The molecule has 2 aromatic heterocycles. The summed E-state index contributed by atoms with van der Waals surface area (Å²) >= 11 is 0. The van der Waals surface area contributed by atoms with Crippen molar-refractivity contribution in [3.8, 4) is 89.7 Å². The Bertz CT molecular complexity index is 3260. The summed E-state index contributed by atoms with van der Waals surface area (Å²) in [6.45, 7) is 0. The number of para-hydroxylation sites is 1. The molecule has 11 aromatic rings. The first-order valence-corrected chi connectivity index (χ1v) is 21.0. The Balaban J connectivity index is 1.05. The number of rotatable bonds is 8.